The highest BCUT2D eigenvalue weighted by Crippen LogP contribution is 2.11. The second-order valence-electron chi connectivity index (χ2n) is 4.05. The van der Waals surface area contributed by atoms with Crippen LogP contribution in [0.15, 0.2) is 0 Å². The van der Waals surface area contributed by atoms with E-state index in [9.17, 15) is 14.2 Å². The van der Waals surface area contributed by atoms with Gasteiger partial charge in [-0.3, -0.25) is 9.36 Å². The van der Waals surface area contributed by atoms with Crippen LogP contribution in [0.4, 0.5) is 4.79 Å². The van der Waals surface area contributed by atoms with E-state index in [0.717, 1.165) is 0 Å². The third-order valence-corrected chi connectivity index (χ3v) is 1.96. The van der Waals surface area contributed by atoms with Crippen molar-refractivity contribution < 1.29 is 23.6 Å². The van der Waals surface area contributed by atoms with Gasteiger partial charge in [0, 0.05) is 0 Å². The molecule has 7 heteroatoms. The monoisotopic (exact) mass is 249 g/mol. The van der Waals surface area contributed by atoms with Gasteiger partial charge in [-0.1, -0.05) is 0 Å². The lowest BCUT2D eigenvalue weighted by Crippen LogP contribution is -2.37. The number of ether oxygens (including phenoxy) is 2. The normalized spacial score (nSPS) is 13.0. The Kier molecular flexibility index (Phi) is 5.96. The molecule has 0 radical (unpaired) electrons. The highest BCUT2D eigenvalue weighted by Gasteiger charge is 2.21. The Labute approximate surface area is 95.9 Å². The van der Waals surface area contributed by atoms with Gasteiger partial charge in [-0.05, 0) is 20.8 Å². The number of hydrogen-bond acceptors (Lipinski definition) is 5. The molecule has 0 saturated heterocycles. The Morgan fingerprint density at radius 1 is 1.38 bits per heavy atom. The van der Waals surface area contributed by atoms with Crippen molar-refractivity contribution in [2.45, 2.75) is 38.6 Å². The van der Waals surface area contributed by atoms with E-state index in [1.54, 1.807) is 20.8 Å². The van der Waals surface area contributed by atoms with E-state index in [0.29, 0.717) is 0 Å². The fourth-order valence-electron chi connectivity index (χ4n) is 0.799. The second kappa shape index (κ2) is 6.43. The summed E-state index contributed by atoms with van der Waals surface area (Å²) in [6.07, 6.45) is -0.884. The summed E-state index contributed by atoms with van der Waals surface area (Å²) in [5.41, 5.74) is -0.639. The van der Waals surface area contributed by atoms with Gasteiger partial charge in [-0.2, -0.15) is 0 Å². The molecule has 0 aliphatic heterocycles. The highest BCUT2D eigenvalue weighted by atomic mass is 31.1. The Morgan fingerprint density at radius 3 is 2.31 bits per heavy atom. The van der Waals surface area contributed by atoms with Gasteiger partial charge in [0.1, 0.15) is 11.4 Å². The van der Waals surface area contributed by atoms with Gasteiger partial charge in [-0.15, -0.1) is 0 Å². The molecule has 0 spiro atoms. The quantitative estimate of drug-likeness (QED) is 0.605. The molecule has 0 bridgehead atoms. The predicted octanol–water partition coefficient (Wildman–Crippen LogP) is 1.69. The van der Waals surface area contributed by atoms with E-state index < -0.39 is 23.4 Å². The predicted molar refractivity (Wildman–Crippen MR) is 57.4 cm³/mol. The summed E-state index contributed by atoms with van der Waals surface area (Å²) in [5, 5.41) is 2.30. The first-order valence-electron chi connectivity index (χ1n) is 4.67. The number of carbonyl (C=O) groups excluding carboxylic acids is 2. The molecule has 0 fully saturated rings. The molecular weight excluding hydrogens is 233 g/mol. The molecule has 0 rings (SSSR count). The van der Waals surface area contributed by atoms with Crippen LogP contribution < -0.4 is 5.32 Å². The molecule has 0 aromatic heterocycles. The van der Waals surface area contributed by atoms with Crippen molar-refractivity contribution in [3.63, 3.8) is 0 Å². The summed E-state index contributed by atoms with van der Waals surface area (Å²) in [6, 6.07) is 0. The molecule has 92 valence electrons. The zero-order chi connectivity index (χ0) is 12.8. The van der Waals surface area contributed by atoms with Gasteiger partial charge < -0.3 is 14.8 Å². The minimum absolute atomic E-state index is 0.166. The maximum atomic E-state index is 11.3. The molecule has 0 aliphatic carbocycles. The van der Waals surface area contributed by atoms with E-state index in [4.69, 9.17) is 4.74 Å². The Hall–Kier alpha value is -1.16. The van der Waals surface area contributed by atoms with Crippen LogP contribution in [-0.2, 0) is 18.8 Å². The van der Waals surface area contributed by atoms with Crippen LogP contribution in [-0.4, -0.2) is 30.6 Å². The number of alkyl carbamates (subject to hydrolysis) is 1. The zero-order valence-electron chi connectivity index (χ0n) is 9.77. The van der Waals surface area contributed by atoms with E-state index in [2.05, 4.69) is 10.1 Å². The molecule has 0 heterocycles. The first-order chi connectivity index (χ1) is 7.28. The van der Waals surface area contributed by atoms with Crippen molar-refractivity contribution in [2.75, 3.05) is 7.11 Å². The third kappa shape index (κ3) is 7.17. The standard InChI is InChI=1S/C9H16NO5P/c1-9(2,3)15-8(12)10-6(16-13)5-7(11)14-4/h6H,5H2,1-4H3,(H,10,12). The molecule has 16 heavy (non-hydrogen) atoms. The van der Waals surface area contributed by atoms with Crippen molar-refractivity contribution in [1.82, 2.24) is 5.32 Å². The van der Waals surface area contributed by atoms with Gasteiger partial charge in [-0.25, -0.2) is 4.79 Å². The average molecular weight is 249 g/mol. The molecule has 1 atom stereocenters. The maximum Gasteiger partial charge on any atom is 0.408 e. The number of hydrogen-bond donors (Lipinski definition) is 1. The molecular formula is C9H16NO5P. The van der Waals surface area contributed by atoms with Gasteiger partial charge in [0.2, 0.25) is 0 Å². The Bertz CT molecular complexity index is 274. The van der Waals surface area contributed by atoms with Crippen LogP contribution in [0.25, 0.3) is 0 Å². The topological polar surface area (TPSA) is 81.7 Å². The number of amides is 1. The molecule has 0 saturated carbocycles. The molecule has 1 N–H and O–H groups in total. The number of methoxy groups -OCH3 is 1. The van der Waals surface area contributed by atoms with E-state index >= 15 is 0 Å². The number of esters is 1. The van der Waals surface area contributed by atoms with E-state index in [-0.39, 0.29) is 14.9 Å². The lowest BCUT2D eigenvalue weighted by atomic mass is 10.2. The van der Waals surface area contributed by atoms with E-state index in [1.165, 1.54) is 7.11 Å². The fraction of sp³-hybridized carbons (Fsp3) is 0.778. The Balaban J connectivity index is 4.17. The average Bonchev–Trinajstić information content (AvgIpc) is 2.13. The smallest absolute Gasteiger partial charge is 0.408 e. The summed E-state index contributed by atoms with van der Waals surface area (Å²) in [7, 11) is 0.850. The van der Waals surface area contributed by atoms with Crippen LogP contribution in [0.5, 0.6) is 0 Å². The maximum absolute atomic E-state index is 11.3. The molecule has 0 aromatic carbocycles. The lowest BCUT2D eigenvalue weighted by Gasteiger charge is -2.20. The van der Waals surface area contributed by atoms with Crippen molar-refractivity contribution in [3.05, 3.63) is 0 Å². The lowest BCUT2D eigenvalue weighted by molar-refractivity contribution is -0.140. The van der Waals surface area contributed by atoms with Crippen LogP contribution in [0.2, 0.25) is 0 Å². The fourth-order valence-corrected chi connectivity index (χ4v) is 1.18. The minimum atomic E-state index is -0.831. The van der Waals surface area contributed by atoms with Crippen LogP contribution in [0, 0.1) is 0 Å². The van der Waals surface area contributed by atoms with Crippen LogP contribution in [0.3, 0.4) is 0 Å². The van der Waals surface area contributed by atoms with Crippen LogP contribution >= 0.6 is 8.46 Å². The first-order valence-corrected chi connectivity index (χ1v) is 5.55. The minimum Gasteiger partial charge on any atom is -0.469 e. The number of carbonyl (C=O) groups is 2. The summed E-state index contributed by atoms with van der Waals surface area (Å²) < 4.78 is 20.0. The number of nitrogens with one attached hydrogen (secondary N) is 1. The van der Waals surface area contributed by atoms with Crippen molar-refractivity contribution >= 4 is 20.5 Å². The van der Waals surface area contributed by atoms with Gasteiger partial charge in [0.05, 0.1) is 13.5 Å². The SMILES string of the molecule is COC(=O)CC(NC(=O)OC(C)(C)C)P=O. The van der Waals surface area contributed by atoms with Crippen molar-refractivity contribution in [3.8, 4) is 0 Å². The zero-order valence-corrected chi connectivity index (χ0v) is 10.7. The Morgan fingerprint density at radius 2 is 1.94 bits per heavy atom. The largest absolute Gasteiger partial charge is 0.469 e. The van der Waals surface area contributed by atoms with Crippen LogP contribution in [0.1, 0.15) is 27.2 Å². The molecule has 1 unspecified atom stereocenters. The van der Waals surface area contributed by atoms with Crippen molar-refractivity contribution in [1.29, 1.82) is 0 Å². The summed E-state index contributed by atoms with van der Waals surface area (Å²) >= 11 is 0. The first kappa shape index (κ1) is 14.8. The second-order valence-corrected chi connectivity index (χ2v) is 4.88. The van der Waals surface area contributed by atoms with Crippen molar-refractivity contribution in [2.24, 2.45) is 0 Å². The summed E-state index contributed by atoms with van der Waals surface area (Å²) in [6.45, 7) is 5.12. The van der Waals surface area contributed by atoms with E-state index in [1.807, 2.05) is 0 Å². The molecule has 0 aromatic rings. The molecule has 1 amide bonds. The highest BCUT2D eigenvalue weighted by molar-refractivity contribution is 7.24. The molecule has 6 nitrogen and oxygen atoms in total. The third-order valence-electron chi connectivity index (χ3n) is 1.40. The van der Waals surface area contributed by atoms with Gasteiger partial charge in [0.15, 0.2) is 8.46 Å². The summed E-state index contributed by atoms with van der Waals surface area (Å²) in [5.74, 6) is -1.38. The van der Waals surface area contributed by atoms with Gasteiger partial charge in [0.25, 0.3) is 0 Å². The number of rotatable bonds is 4. The van der Waals surface area contributed by atoms with Gasteiger partial charge >= 0.3 is 12.1 Å². The summed E-state index contributed by atoms with van der Waals surface area (Å²) in [4.78, 5) is 22.2. The molecule has 0 aliphatic rings.